The molecule has 1 unspecified atom stereocenters. The summed E-state index contributed by atoms with van der Waals surface area (Å²) in [5, 5.41) is 12.5. The molecular formula is C18H27N5O3. The normalized spacial score (nSPS) is 21.4. The molecule has 1 saturated heterocycles. The van der Waals surface area contributed by atoms with Gasteiger partial charge in [0.25, 0.3) is 0 Å². The fraction of sp³-hybridized carbons (Fsp3) is 0.667. The molecule has 3 heterocycles. The van der Waals surface area contributed by atoms with Crippen LogP contribution < -0.4 is 0 Å². The number of amides is 1. The maximum absolute atomic E-state index is 13.2. The molecule has 3 rings (SSSR count). The van der Waals surface area contributed by atoms with Gasteiger partial charge in [-0.15, -0.1) is 10.2 Å². The second-order valence-electron chi connectivity index (χ2n) is 7.14. The van der Waals surface area contributed by atoms with Gasteiger partial charge in [-0.05, 0) is 25.8 Å². The van der Waals surface area contributed by atoms with Gasteiger partial charge in [-0.2, -0.15) is 5.10 Å². The predicted octanol–water partition coefficient (Wildman–Crippen LogP) is 1.90. The van der Waals surface area contributed by atoms with Crippen LogP contribution in [-0.2, 0) is 23.0 Å². The maximum atomic E-state index is 13.2. The largest absolute Gasteiger partial charge is 0.423 e. The van der Waals surface area contributed by atoms with Crippen LogP contribution in [0.4, 0.5) is 0 Å². The minimum atomic E-state index is -0.229. The zero-order valence-corrected chi connectivity index (χ0v) is 16.3. The first kappa shape index (κ1) is 18.6. The van der Waals surface area contributed by atoms with E-state index in [-0.39, 0.29) is 24.0 Å². The van der Waals surface area contributed by atoms with E-state index in [1.54, 1.807) is 14.0 Å². The molecule has 0 radical (unpaired) electrons. The average Bonchev–Trinajstić information content (AvgIpc) is 3.28. The lowest BCUT2D eigenvalue weighted by atomic mass is 9.98. The molecule has 2 aromatic rings. The van der Waals surface area contributed by atoms with Crippen molar-refractivity contribution in [3.8, 4) is 0 Å². The Morgan fingerprint density at radius 1 is 1.35 bits per heavy atom. The monoisotopic (exact) mass is 361 g/mol. The molecule has 0 N–H and O–H groups in total. The summed E-state index contributed by atoms with van der Waals surface area (Å²) in [4.78, 5) is 15.0. The summed E-state index contributed by atoms with van der Waals surface area (Å²) in [5.41, 5.74) is 3.22. The summed E-state index contributed by atoms with van der Waals surface area (Å²) in [6.07, 6.45) is 1.31. The first-order valence-electron chi connectivity index (χ1n) is 8.94. The van der Waals surface area contributed by atoms with Gasteiger partial charge in [-0.1, -0.05) is 6.92 Å². The van der Waals surface area contributed by atoms with E-state index in [9.17, 15) is 4.79 Å². The molecule has 0 bridgehead atoms. The predicted molar refractivity (Wildman–Crippen MR) is 94.5 cm³/mol. The van der Waals surface area contributed by atoms with Crippen LogP contribution in [-0.4, -0.2) is 50.5 Å². The molecule has 26 heavy (non-hydrogen) atoms. The third kappa shape index (κ3) is 3.38. The second kappa shape index (κ2) is 7.19. The molecular weight excluding hydrogens is 334 g/mol. The van der Waals surface area contributed by atoms with Crippen molar-refractivity contribution in [1.29, 1.82) is 0 Å². The highest BCUT2D eigenvalue weighted by Gasteiger charge is 2.40. The number of nitrogens with zero attached hydrogens (tertiary/aromatic N) is 5. The van der Waals surface area contributed by atoms with E-state index in [1.807, 2.05) is 37.4 Å². The highest BCUT2D eigenvalue weighted by Crippen LogP contribution is 2.34. The molecule has 0 saturated carbocycles. The van der Waals surface area contributed by atoms with Gasteiger partial charge in [0.1, 0.15) is 6.04 Å². The number of hydrogen-bond acceptors (Lipinski definition) is 6. The van der Waals surface area contributed by atoms with Crippen molar-refractivity contribution in [1.82, 2.24) is 24.9 Å². The number of carbonyl (C=O) groups excluding carboxylic acids is 1. The molecule has 2 aromatic heterocycles. The number of aromatic nitrogens is 4. The number of hydrogen-bond donors (Lipinski definition) is 0. The van der Waals surface area contributed by atoms with E-state index in [4.69, 9.17) is 9.15 Å². The van der Waals surface area contributed by atoms with E-state index in [0.29, 0.717) is 31.2 Å². The Balaban J connectivity index is 1.79. The first-order chi connectivity index (χ1) is 12.3. The van der Waals surface area contributed by atoms with E-state index < -0.39 is 0 Å². The van der Waals surface area contributed by atoms with Gasteiger partial charge < -0.3 is 14.1 Å². The number of likely N-dealkylation sites (tertiary alicyclic amines) is 1. The molecule has 0 aromatic carbocycles. The molecule has 1 amide bonds. The molecule has 8 nitrogen and oxygen atoms in total. The Morgan fingerprint density at radius 2 is 2.08 bits per heavy atom. The van der Waals surface area contributed by atoms with Crippen molar-refractivity contribution in [2.24, 2.45) is 13.0 Å². The van der Waals surface area contributed by atoms with E-state index in [2.05, 4.69) is 15.3 Å². The van der Waals surface area contributed by atoms with Gasteiger partial charge in [0, 0.05) is 45.7 Å². The molecule has 142 valence electrons. The van der Waals surface area contributed by atoms with E-state index in [1.165, 1.54) is 0 Å². The number of ether oxygens (including phenoxy) is 1. The number of rotatable bonds is 5. The van der Waals surface area contributed by atoms with Gasteiger partial charge in [-0.25, -0.2) is 0 Å². The number of methoxy groups -OCH3 is 1. The smallest absolute Gasteiger partial charge is 0.239 e. The Bertz CT molecular complexity index is 797. The highest BCUT2D eigenvalue weighted by molar-refractivity contribution is 5.79. The van der Waals surface area contributed by atoms with Crippen molar-refractivity contribution >= 4 is 5.91 Å². The number of aryl methyl sites for hydroxylation is 3. The standard InChI is InChI=1S/C18H27N5O3/c1-10(7-15-11(2)21-22(5)12(15)3)18(24)23-9-14(25-6)8-16(23)17-20-19-13(4)26-17/h10,14,16H,7-9H2,1-6H3/t10?,14-,16+/m0/s1. The summed E-state index contributed by atoms with van der Waals surface area (Å²) >= 11 is 0. The lowest BCUT2D eigenvalue weighted by Gasteiger charge is -2.25. The molecule has 0 spiro atoms. The molecule has 1 fully saturated rings. The quantitative estimate of drug-likeness (QED) is 0.808. The van der Waals surface area contributed by atoms with E-state index >= 15 is 0 Å². The van der Waals surface area contributed by atoms with Crippen LogP contribution >= 0.6 is 0 Å². The summed E-state index contributed by atoms with van der Waals surface area (Å²) in [6, 6.07) is -0.229. The van der Waals surface area contributed by atoms with Crippen molar-refractivity contribution in [3.63, 3.8) is 0 Å². The van der Waals surface area contributed by atoms with Gasteiger partial charge in [0.05, 0.1) is 11.8 Å². The lowest BCUT2D eigenvalue weighted by molar-refractivity contribution is -0.136. The Kier molecular flexibility index (Phi) is 5.13. The minimum absolute atomic E-state index is 0.0229. The Labute approximate surface area is 153 Å². The zero-order chi connectivity index (χ0) is 19.0. The highest BCUT2D eigenvalue weighted by atomic mass is 16.5. The summed E-state index contributed by atoms with van der Waals surface area (Å²) in [7, 11) is 3.59. The fourth-order valence-corrected chi connectivity index (χ4v) is 3.68. The molecule has 8 heteroatoms. The van der Waals surface area contributed by atoms with Crippen molar-refractivity contribution in [3.05, 3.63) is 28.7 Å². The van der Waals surface area contributed by atoms with Crippen molar-refractivity contribution in [2.45, 2.75) is 52.7 Å². The van der Waals surface area contributed by atoms with Crippen LogP contribution in [0.25, 0.3) is 0 Å². The van der Waals surface area contributed by atoms with Crippen LogP contribution in [0.1, 0.15) is 48.1 Å². The molecule has 3 atom stereocenters. The van der Waals surface area contributed by atoms with Gasteiger partial charge >= 0.3 is 0 Å². The van der Waals surface area contributed by atoms with Crippen LogP contribution in [0.2, 0.25) is 0 Å². The van der Waals surface area contributed by atoms with Crippen molar-refractivity contribution < 1.29 is 13.9 Å². The van der Waals surface area contributed by atoms with Crippen LogP contribution in [0.3, 0.4) is 0 Å². The summed E-state index contributed by atoms with van der Waals surface area (Å²) in [5.74, 6) is 0.894. The fourth-order valence-electron chi connectivity index (χ4n) is 3.68. The Hall–Kier alpha value is -2.22. The third-order valence-corrected chi connectivity index (χ3v) is 5.30. The maximum Gasteiger partial charge on any atom is 0.239 e. The van der Waals surface area contributed by atoms with Gasteiger partial charge in [0.15, 0.2) is 0 Å². The molecule has 0 aliphatic carbocycles. The van der Waals surface area contributed by atoms with Crippen LogP contribution in [0.5, 0.6) is 0 Å². The average molecular weight is 361 g/mol. The van der Waals surface area contributed by atoms with Crippen LogP contribution in [0.15, 0.2) is 4.42 Å². The molecule has 1 aliphatic rings. The topological polar surface area (TPSA) is 86.3 Å². The molecule has 1 aliphatic heterocycles. The Morgan fingerprint density at radius 3 is 2.62 bits per heavy atom. The van der Waals surface area contributed by atoms with Gasteiger partial charge in [-0.3, -0.25) is 9.48 Å². The van der Waals surface area contributed by atoms with Crippen LogP contribution in [0, 0.1) is 26.7 Å². The van der Waals surface area contributed by atoms with Gasteiger partial charge in [0.2, 0.25) is 17.7 Å². The summed E-state index contributed by atoms with van der Waals surface area (Å²) in [6.45, 7) is 8.27. The minimum Gasteiger partial charge on any atom is -0.423 e. The SMILES string of the molecule is CO[C@H]1C[C@H](c2nnc(C)o2)N(C(=O)C(C)Cc2c(C)nn(C)c2C)C1. The van der Waals surface area contributed by atoms with Crippen molar-refractivity contribution in [2.75, 3.05) is 13.7 Å². The second-order valence-corrected chi connectivity index (χ2v) is 7.14. The zero-order valence-electron chi connectivity index (χ0n) is 16.3. The first-order valence-corrected chi connectivity index (χ1v) is 8.94. The summed E-state index contributed by atoms with van der Waals surface area (Å²) < 4.78 is 13.0. The third-order valence-electron chi connectivity index (χ3n) is 5.30. The lowest BCUT2D eigenvalue weighted by Crippen LogP contribution is -2.36. The number of carbonyl (C=O) groups is 1. The van der Waals surface area contributed by atoms with E-state index in [0.717, 1.165) is 17.0 Å².